The third kappa shape index (κ3) is 7.09. The van der Waals surface area contributed by atoms with Gasteiger partial charge in [0.05, 0.1) is 5.69 Å². The Kier molecular flexibility index (Phi) is 9.46. The molecule has 43 heavy (non-hydrogen) atoms. The highest BCUT2D eigenvalue weighted by Crippen LogP contribution is 2.34. The molecule has 1 aliphatic rings. The number of nitrogen functional groups attached to an aromatic ring is 1. The lowest BCUT2D eigenvalue weighted by Crippen LogP contribution is -2.44. The molecular formula is C33H34FN5O3S. The molecule has 10 heteroatoms. The van der Waals surface area contributed by atoms with Gasteiger partial charge in [0.2, 0.25) is 5.91 Å². The zero-order valence-corrected chi connectivity index (χ0v) is 24.7. The van der Waals surface area contributed by atoms with E-state index in [1.54, 1.807) is 12.1 Å². The molecule has 3 aromatic carbocycles. The summed E-state index contributed by atoms with van der Waals surface area (Å²) in [5, 5.41) is 5.93. The fourth-order valence-electron chi connectivity index (χ4n) is 5.26. The molecule has 0 radical (unpaired) electrons. The first-order chi connectivity index (χ1) is 20.8. The normalized spacial score (nSPS) is 14.1. The number of anilines is 2. The molecule has 0 aliphatic heterocycles. The van der Waals surface area contributed by atoms with Gasteiger partial charge in [0.1, 0.15) is 16.7 Å². The molecule has 1 atom stereocenters. The van der Waals surface area contributed by atoms with E-state index in [0.29, 0.717) is 11.3 Å². The Bertz CT molecular complexity index is 1570. The van der Waals surface area contributed by atoms with Crippen molar-refractivity contribution in [1.82, 2.24) is 15.0 Å². The summed E-state index contributed by atoms with van der Waals surface area (Å²) >= 11 is 0.819. The van der Waals surface area contributed by atoms with Gasteiger partial charge < -0.3 is 16.4 Å². The van der Waals surface area contributed by atoms with Crippen LogP contribution in [0, 0.1) is 12.7 Å². The van der Waals surface area contributed by atoms with Gasteiger partial charge in [-0.15, -0.1) is 0 Å². The molecule has 3 amide bonds. The highest BCUT2D eigenvalue weighted by Gasteiger charge is 2.36. The average Bonchev–Trinajstić information content (AvgIpc) is 3.42. The van der Waals surface area contributed by atoms with Crippen LogP contribution in [0.4, 0.5) is 15.8 Å². The minimum atomic E-state index is -1.18. The molecule has 222 valence electrons. The van der Waals surface area contributed by atoms with E-state index in [1.807, 2.05) is 49.4 Å². The summed E-state index contributed by atoms with van der Waals surface area (Å²) in [6, 6.07) is 20.9. The second-order valence-corrected chi connectivity index (χ2v) is 11.5. The highest BCUT2D eigenvalue weighted by atomic mass is 32.1. The van der Waals surface area contributed by atoms with Crippen LogP contribution in [0.3, 0.4) is 0 Å². The van der Waals surface area contributed by atoms with E-state index in [1.165, 1.54) is 29.2 Å². The van der Waals surface area contributed by atoms with Crippen molar-refractivity contribution in [3.63, 3.8) is 0 Å². The number of rotatable bonds is 9. The smallest absolute Gasteiger partial charge is 0.273 e. The molecular weight excluding hydrogens is 565 g/mol. The predicted molar refractivity (Wildman–Crippen MR) is 166 cm³/mol. The predicted octanol–water partition coefficient (Wildman–Crippen LogP) is 5.94. The average molecular weight is 600 g/mol. The molecule has 4 N–H and O–H groups in total. The minimum Gasteiger partial charge on any atom is -0.395 e. The number of amides is 3. The molecule has 1 heterocycles. The van der Waals surface area contributed by atoms with E-state index < -0.39 is 29.6 Å². The summed E-state index contributed by atoms with van der Waals surface area (Å²) in [7, 11) is 0. The number of benzene rings is 3. The molecule has 0 saturated heterocycles. The Morgan fingerprint density at radius 3 is 2.33 bits per heavy atom. The largest absolute Gasteiger partial charge is 0.395 e. The molecule has 0 spiro atoms. The summed E-state index contributed by atoms with van der Waals surface area (Å²) < 4.78 is 18.2. The summed E-state index contributed by atoms with van der Waals surface area (Å²) in [4.78, 5) is 42.8. The summed E-state index contributed by atoms with van der Waals surface area (Å²) in [6.07, 6.45) is 5.01. The Morgan fingerprint density at radius 1 is 0.977 bits per heavy atom. The van der Waals surface area contributed by atoms with Crippen molar-refractivity contribution in [2.75, 3.05) is 10.6 Å². The molecule has 1 aliphatic carbocycles. The van der Waals surface area contributed by atoms with E-state index in [4.69, 9.17) is 5.73 Å². The van der Waals surface area contributed by atoms with Crippen molar-refractivity contribution in [2.24, 2.45) is 0 Å². The van der Waals surface area contributed by atoms with Gasteiger partial charge >= 0.3 is 0 Å². The first kappa shape index (κ1) is 29.9. The number of aryl methyl sites for hydroxylation is 1. The number of carbonyl (C=O) groups excluding carboxylic acids is 3. The monoisotopic (exact) mass is 599 g/mol. The minimum absolute atomic E-state index is 0.00496. The molecule has 5 rings (SSSR count). The fourth-order valence-corrected chi connectivity index (χ4v) is 5.99. The topological polar surface area (TPSA) is 117 Å². The Hall–Kier alpha value is -4.57. The van der Waals surface area contributed by atoms with Crippen LogP contribution in [0.25, 0.3) is 0 Å². The van der Waals surface area contributed by atoms with Gasteiger partial charge in [0.25, 0.3) is 11.8 Å². The molecule has 1 unspecified atom stereocenters. The summed E-state index contributed by atoms with van der Waals surface area (Å²) in [6.45, 7) is 2.14. The molecule has 1 aromatic heterocycles. The number of nitrogens with zero attached hydrogens (tertiary/aromatic N) is 2. The van der Waals surface area contributed by atoms with Gasteiger partial charge in [-0.2, -0.15) is 4.37 Å². The lowest BCUT2D eigenvalue weighted by Gasteiger charge is -2.31. The quantitative estimate of drug-likeness (QED) is 0.220. The van der Waals surface area contributed by atoms with Crippen LogP contribution in [0.2, 0.25) is 0 Å². The lowest BCUT2D eigenvalue weighted by molar-refractivity contribution is -0.122. The first-order valence-electron chi connectivity index (χ1n) is 14.3. The van der Waals surface area contributed by atoms with Crippen LogP contribution in [-0.2, 0) is 11.3 Å². The Labute approximate surface area is 254 Å². The molecule has 4 aromatic rings. The second kappa shape index (κ2) is 13.6. The zero-order chi connectivity index (χ0) is 30.3. The molecule has 8 nitrogen and oxygen atoms in total. The molecule has 0 bridgehead atoms. The maximum Gasteiger partial charge on any atom is 0.273 e. The first-order valence-corrected chi connectivity index (χ1v) is 15.1. The van der Waals surface area contributed by atoms with E-state index >= 15 is 0 Å². The maximum atomic E-state index is 14.4. The Morgan fingerprint density at radius 2 is 1.65 bits per heavy atom. The summed E-state index contributed by atoms with van der Waals surface area (Å²) in [5.74, 6) is -1.96. The maximum absolute atomic E-state index is 14.4. The number of nitrogens with two attached hydrogens (primary N) is 1. The van der Waals surface area contributed by atoms with Crippen LogP contribution in [-0.4, -0.2) is 28.1 Å². The van der Waals surface area contributed by atoms with Gasteiger partial charge in [0, 0.05) is 18.3 Å². The van der Waals surface area contributed by atoms with Gasteiger partial charge in [0.15, 0.2) is 5.69 Å². The van der Waals surface area contributed by atoms with Crippen LogP contribution in [0.5, 0.6) is 0 Å². The molecule has 1 fully saturated rings. The van der Waals surface area contributed by atoms with Crippen molar-refractivity contribution in [1.29, 1.82) is 0 Å². The van der Waals surface area contributed by atoms with Crippen molar-refractivity contribution >= 4 is 40.6 Å². The van der Waals surface area contributed by atoms with E-state index in [9.17, 15) is 18.8 Å². The van der Waals surface area contributed by atoms with Gasteiger partial charge in [-0.05, 0) is 66.7 Å². The third-order valence-corrected chi connectivity index (χ3v) is 8.46. The lowest BCUT2D eigenvalue weighted by atomic mass is 9.95. The van der Waals surface area contributed by atoms with E-state index in [2.05, 4.69) is 15.0 Å². The van der Waals surface area contributed by atoms with Crippen LogP contribution in [0.15, 0.2) is 78.9 Å². The summed E-state index contributed by atoms with van der Waals surface area (Å²) in [5.41, 5.74) is 9.04. The van der Waals surface area contributed by atoms with Crippen LogP contribution >= 0.6 is 11.5 Å². The number of halogens is 1. The van der Waals surface area contributed by atoms with Crippen LogP contribution < -0.4 is 21.3 Å². The van der Waals surface area contributed by atoms with Crippen LogP contribution in [0.1, 0.15) is 75.0 Å². The van der Waals surface area contributed by atoms with Crippen molar-refractivity contribution in [3.05, 3.63) is 112 Å². The van der Waals surface area contributed by atoms with Gasteiger partial charge in [-0.25, -0.2) is 4.39 Å². The third-order valence-electron chi connectivity index (χ3n) is 7.61. The fraction of sp³-hybridized carbons (Fsp3) is 0.273. The highest BCUT2D eigenvalue weighted by molar-refractivity contribution is 7.09. The number of carbonyl (C=O) groups is 3. The van der Waals surface area contributed by atoms with Crippen molar-refractivity contribution in [3.8, 4) is 0 Å². The SMILES string of the molecule is Cc1ccc(N(C(=O)c2snc(C(=O)NC3CCCCC3)c2N)C(C(=O)NCc2ccccc2)c2ccc(F)cc2)cc1. The molecule has 1 saturated carbocycles. The zero-order valence-electron chi connectivity index (χ0n) is 23.9. The number of hydrogen-bond donors (Lipinski definition) is 3. The van der Waals surface area contributed by atoms with E-state index in [-0.39, 0.29) is 28.8 Å². The van der Waals surface area contributed by atoms with Gasteiger partial charge in [-0.3, -0.25) is 19.3 Å². The Balaban J connectivity index is 1.52. The standard InChI is InChI=1S/C33H34FN5O3S/c1-21-12-18-26(19-13-21)39(33(42)30-27(35)28(38-43-30)31(40)37-25-10-6-3-7-11-25)29(23-14-16-24(34)17-15-23)32(41)36-20-22-8-4-2-5-9-22/h2,4-5,8-9,12-19,25,29H,3,6-7,10-11,20,35H2,1H3,(H,36,41)(H,37,40). The number of nitrogens with one attached hydrogen (secondary N) is 2. The van der Waals surface area contributed by atoms with Crippen molar-refractivity contribution in [2.45, 2.75) is 57.7 Å². The number of aromatic nitrogens is 1. The van der Waals surface area contributed by atoms with E-state index in [0.717, 1.165) is 54.8 Å². The van der Waals surface area contributed by atoms with Gasteiger partial charge in [-0.1, -0.05) is 79.4 Å². The van der Waals surface area contributed by atoms with Crippen molar-refractivity contribution < 1.29 is 18.8 Å². The number of hydrogen-bond acceptors (Lipinski definition) is 6. The second-order valence-electron chi connectivity index (χ2n) is 10.8.